The number of amides is 1. The van der Waals surface area contributed by atoms with Gasteiger partial charge < -0.3 is 14.8 Å². The Morgan fingerprint density at radius 3 is 2.46 bits per heavy atom. The third kappa shape index (κ3) is 4.99. The number of aryl methyl sites for hydroxylation is 2. The summed E-state index contributed by atoms with van der Waals surface area (Å²) in [5.41, 5.74) is 2.98. The average molecular weight is 376 g/mol. The van der Waals surface area contributed by atoms with E-state index >= 15 is 0 Å². The third-order valence-electron chi connectivity index (χ3n) is 3.89. The molecule has 0 unspecified atom stereocenters. The van der Waals surface area contributed by atoms with Gasteiger partial charge in [-0.25, -0.2) is 4.79 Å². The fraction of sp³-hybridized carbons (Fsp3) is 0.300. The molecule has 0 saturated heterocycles. The lowest BCUT2D eigenvalue weighted by Crippen LogP contribution is -2.30. The minimum Gasteiger partial charge on any atom is -0.481 e. The maximum atomic E-state index is 12.3. The van der Waals surface area contributed by atoms with Crippen molar-refractivity contribution in [2.45, 2.75) is 33.8 Å². The van der Waals surface area contributed by atoms with Gasteiger partial charge in [-0.3, -0.25) is 4.79 Å². The van der Waals surface area contributed by atoms with Crippen molar-refractivity contribution in [1.82, 2.24) is 0 Å². The Kier molecular flexibility index (Phi) is 6.64. The van der Waals surface area contributed by atoms with E-state index in [9.17, 15) is 9.59 Å². The summed E-state index contributed by atoms with van der Waals surface area (Å²) in [4.78, 5) is 24.1. The van der Waals surface area contributed by atoms with Crippen molar-refractivity contribution >= 4 is 29.2 Å². The molecule has 0 aromatic heterocycles. The number of ether oxygens (including phenoxy) is 2. The molecule has 2 rings (SSSR count). The van der Waals surface area contributed by atoms with Crippen LogP contribution >= 0.6 is 11.6 Å². The first-order valence-electron chi connectivity index (χ1n) is 8.33. The summed E-state index contributed by atoms with van der Waals surface area (Å²) in [6.07, 6.45) is -0.694. The zero-order chi connectivity index (χ0) is 19.3. The molecule has 0 heterocycles. The quantitative estimate of drug-likeness (QED) is 0.753. The summed E-state index contributed by atoms with van der Waals surface area (Å²) in [7, 11) is 0. The number of esters is 1. The van der Waals surface area contributed by atoms with Crippen LogP contribution in [0.2, 0.25) is 5.02 Å². The minimum absolute atomic E-state index is 0.212. The van der Waals surface area contributed by atoms with E-state index in [1.807, 2.05) is 32.0 Å². The SMILES string of the molecule is CCOC(=O)c1ccc(NC(=O)[C@H](C)Oc2ccc(C)c(C)c2)cc1Cl. The number of rotatable bonds is 6. The van der Waals surface area contributed by atoms with Crippen molar-refractivity contribution in [2.75, 3.05) is 11.9 Å². The van der Waals surface area contributed by atoms with Crippen LogP contribution in [0, 0.1) is 13.8 Å². The monoisotopic (exact) mass is 375 g/mol. The minimum atomic E-state index is -0.694. The Balaban J connectivity index is 2.03. The average Bonchev–Trinajstić information content (AvgIpc) is 2.58. The fourth-order valence-corrected chi connectivity index (χ4v) is 2.51. The molecule has 0 fully saturated rings. The molecule has 26 heavy (non-hydrogen) atoms. The van der Waals surface area contributed by atoms with Gasteiger partial charge in [0.1, 0.15) is 5.75 Å². The van der Waals surface area contributed by atoms with Crippen LogP contribution in [0.4, 0.5) is 5.69 Å². The summed E-state index contributed by atoms with van der Waals surface area (Å²) >= 11 is 6.10. The van der Waals surface area contributed by atoms with Crippen molar-refractivity contribution in [3.8, 4) is 5.75 Å². The Hall–Kier alpha value is -2.53. The summed E-state index contributed by atoms with van der Waals surface area (Å²) in [6.45, 7) is 7.65. The van der Waals surface area contributed by atoms with Crippen molar-refractivity contribution in [1.29, 1.82) is 0 Å². The second kappa shape index (κ2) is 8.72. The summed E-state index contributed by atoms with van der Waals surface area (Å²) in [5.74, 6) is -0.184. The number of carbonyl (C=O) groups is 2. The van der Waals surface area contributed by atoms with Crippen LogP contribution in [-0.4, -0.2) is 24.6 Å². The highest BCUT2D eigenvalue weighted by Gasteiger charge is 2.17. The molecule has 1 atom stereocenters. The first-order valence-corrected chi connectivity index (χ1v) is 8.71. The van der Waals surface area contributed by atoms with Crippen molar-refractivity contribution < 1.29 is 19.1 Å². The number of hydrogen-bond donors (Lipinski definition) is 1. The van der Waals surface area contributed by atoms with Gasteiger partial charge in [-0.2, -0.15) is 0 Å². The number of hydrogen-bond acceptors (Lipinski definition) is 4. The lowest BCUT2D eigenvalue weighted by Gasteiger charge is -2.16. The summed E-state index contributed by atoms with van der Waals surface area (Å²) in [6, 6.07) is 10.3. The molecule has 6 heteroatoms. The Morgan fingerprint density at radius 1 is 1.12 bits per heavy atom. The zero-order valence-electron chi connectivity index (χ0n) is 15.3. The number of benzene rings is 2. The lowest BCUT2D eigenvalue weighted by atomic mass is 10.1. The predicted molar refractivity (Wildman–Crippen MR) is 102 cm³/mol. The van der Waals surface area contributed by atoms with Crippen molar-refractivity contribution in [2.24, 2.45) is 0 Å². The molecule has 1 amide bonds. The standard InChI is InChI=1S/C20H22ClNO4/c1-5-25-20(24)17-9-7-15(11-18(17)21)22-19(23)14(4)26-16-8-6-12(2)13(3)10-16/h6-11,14H,5H2,1-4H3,(H,22,23)/t14-/m0/s1. The normalized spacial score (nSPS) is 11.6. The number of nitrogens with one attached hydrogen (secondary N) is 1. The van der Waals surface area contributed by atoms with E-state index in [4.69, 9.17) is 21.1 Å². The molecule has 138 valence electrons. The Bertz CT molecular complexity index is 819. The largest absolute Gasteiger partial charge is 0.481 e. The van der Waals surface area contributed by atoms with Crippen LogP contribution in [0.1, 0.15) is 35.3 Å². The van der Waals surface area contributed by atoms with E-state index in [1.165, 1.54) is 12.1 Å². The Labute approximate surface area is 158 Å². The van der Waals surface area contributed by atoms with E-state index in [1.54, 1.807) is 19.9 Å². The van der Waals surface area contributed by atoms with Crippen LogP contribution < -0.4 is 10.1 Å². The topological polar surface area (TPSA) is 64.6 Å². The molecule has 5 nitrogen and oxygen atoms in total. The molecule has 0 saturated carbocycles. The van der Waals surface area contributed by atoms with Crippen LogP contribution in [0.3, 0.4) is 0 Å². The molecule has 2 aromatic rings. The van der Waals surface area contributed by atoms with Gasteiger partial charge in [0, 0.05) is 5.69 Å². The molecule has 0 aliphatic heterocycles. The number of carbonyl (C=O) groups excluding carboxylic acids is 2. The molecular weight excluding hydrogens is 354 g/mol. The van der Waals surface area contributed by atoms with E-state index in [-0.39, 0.29) is 23.1 Å². The van der Waals surface area contributed by atoms with Gasteiger partial charge in [0.2, 0.25) is 0 Å². The first-order chi connectivity index (χ1) is 12.3. The fourth-order valence-electron chi connectivity index (χ4n) is 2.26. The van der Waals surface area contributed by atoms with Crippen molar-refractivity contribution in [3.63, 3.8) is 0 Å². The highest BCUT2D eigenvalue weighted by Crippen LogP contribution is 2.23. The smallest absolute Gasteiger partial charge is 0.339 e. The van der Waals surface area contributed by atoms with Crippen LogP contribution in [0.5, 0.6) is 5.75 Å². The third-order valence-corrected chi connectivity index (χ3v) is 4.21. The molecule has 0 aliphatic carbocycles. The molecule has 1 N–H and O–H groups in total. The molecule has 0 radical (unpaired) electrons. The molecule has 0 aliphatic rings. The highest BCUT2D eigenvalue weighted by atomic mass is 35.5. The highest BCUT2D eigenvalue weighted by molar-refractivity contribution is 6.34. The molecule has 0 bridgehead atoms. The maximum Gasteiger partial charge on any atom is 0.339 e. The maximum absolute atomic E-state index is 12.3. The van der Waals surface area contributed by atoms with Crippen molar-refractivity contribution in [3.05, 3.63) is 58.1 Å². The van der Waals surface area contributed by atoms with Crippen LogP contribution in [0.25, 0.3) is 0 Å². The van der Waals surface area contributed by atoms with E-state index in [0.29, 0.717) is 11.4 Å². The number of anilines is 1. The summed E-state index contributed by atoms with van der Waals surface area (Å²) < 4.78 is 10.6. The van der Waals surface area contributed by atoms with Gasteiger partial charge in [-0.15, -0.1) is 0 Å². The van der Waals surface area contributed by atoms with E-state index < -0.39 is 12.1 Å². The van der Waals surface area contributed by atoms with Gasteiger partial charge in [0.15, 0.2) is 6.10 Å². The van der Waals surface area contributed by atoms with Gasteiger partial charge in [0.25, 0.3) is 5.91 Å². The molecule has 2 aromatic carbocycles. The van der Waals surface area contributed by atoms with E-state index in [2.05, 4.69) is 5.32 Å². The summed E-state index contributed by atoms with van der Waals surface area (Å²) in [5, 5.41) is 2.94. The van der Waals surface area contributed by atoms with Gasteiger partial charge >= 0.3 is 5.97 Å². The predicted octanol–water partition coefficient (Wildman–Crippen LogP) is 4.54. The molecular formula is C20H22ClNO4. The van der Waals surface area contributed by atoms with Crippen LogP contribution in [0.15, 0.2) is 36.4 Å². The Morgan fingerprint density at radius 2 is 1.85 bits per heavy atom. The zero-order valence-corrected chi connectivity index (χ0v) is 16.0. The van der Waals surface area contributed by atoms with Gasteiger partial charge in [-0.1, -0.05) is 17.7 Å². The van der Waals surface area contributed by atoms with Gasteiger partial charge in [0.05, 0.1) is 17.2 Å². The second-order valence-electron chi connectivity index (χ2n) is 5.91. The number of halogens is 1. The van der Waals surface area contributed by atoms with Gasteiger partial charge in [-0.05, 0) is 69.2 Å². The van der Waals surface area contributed by atoms with E-state index in [0.717, 1.165) is 11.1 Å². The lowest BCUT2D eigenvalue weighted by molar-refractivity contribution is -0.122. The first kappa shape index (κ1) is 19.8. The van der Waals surface area contributed by atoms with Crippen LogP contribution in [-0.2, 0) is 9.53 Å². The second-order valence-corrected chi connectivity index (χ2v) is 6.32. The molecule has 0 spiro atoms.